The average molecular weight is 192 g/mol. The molecule has 0 fully saturated rings. The zero-order valence-corrected chi connectivity index (χ0v) is 9.44. The van der Waals surface area contributed by atoms with Crippen molar-refractivity contribution < 1.29 is 9.22 Å². The average Bonchev–Trinajstić information content (AvgIpc) is 1.94. The number of unbranched alkanes of at least 4 members (excludes halogenated alkanes) is 1. The molecule has 74 valence electrons. The van der Waals surface area contributed by atoms with Crippen molar-refractivity contribution in [3.63, 3.8) is 0 Å². The van der Waals surface area contributed by atoms with Gasteiger partial charge in [0.15, 0.2) is 0 Å². The molecule has 0 aromatic carbocycles. The molecule has 0 N–H and O–H groups in total. The first-order valence-electron chi connectivity index (χ1n) is 4.55. The van der Waals surface area contributed by atoms with Crippen molar-refractivity contribution in [3.05, 3.63) is 0 Å². The van der Waals surface area contributed by atoms with Crippen molar-refractivity contribution in [1.82, 2.24) is 0 Å². The van der Waals surface area contributed by atoms with Crippen LogP contribution in [0.25, 0.3) is 0 Å². The quantitative estimate of drug-likeness (QED) is 0.365. The number of rotatable bonds is 7. The minimum Gasteiger partial charge on any atom is -0.376 e. The zero-order valence-electron chi connectivity index (χ0n) is 8.55. The van der Waals surface area contributed by atoms with Crippen molar-refractivity contribution in [3.8, 4) is 0 Å². The summed E-state index contributed by atoms with van der Waals surface area (Å²) in [6.07, 6.45) is 2.30. The molecule has 0 aliphatic rings. The molecule has 0 unspecified atom stereocenters. The standard InChI is InChI=1S/C9H21NOS/c1-10(2,3)6-8-11-7-4-5-9-12/h4-9H2,1-3H3/p+1. The van der Waals surface area contributed by atoms with E-state index in [1.807, 2.05) is 0 Å². The SMILES string of the molecule is C[N+](C)(C)CCOCCCCS. The Morgan fingerprint density at radius 3 is 2.25 bits per heavy atom. The van der Waals surface area contributed by atoms with Gasteiger partial charge in [-0.1, -0.05) is 0 Å². The minimum absolute atomic E-state index is 0.871. The van der Waals surface area contributed by atoms with Gasteiger partial charge in [0.1, 0.15) is 6.54 Å². The lowest BCUT2D eigenvalue weighted by Gasteiger charge is -2.23. The summed E-state index contributed by atoms with van der Waals surface area (Å²) in [5.41, 5.74) is 0. The van der Waals surface area contributed by atoms with Gasteiger partial charge in [-0.3, -0.25) is 0 Å². The Morgan fingerprint density at radius 2 is 1.75 bits per heavy atom. The fraction of sp³-hybridized carbons (Fsp3) is 1.00. The molecule has 3 heteroatoms. The van der Waals surface area contributed by atoms with Gasteiger partial charge < -0.3 is 9.22 Å². The third-order valence-electron chi connectivity index (χ3n) is 1.60. The molecule has 0 aromatic rings. The maximum atomic E-state index is 5.46. The van der Waals surface area contributed by atoms with E-state index >= 15 is 0 Å². The molecule has 0 heterocycles. The fourth-order valence-corrected chi connectivity index (χ4v) is 0.980. The highest BCUT2D eigenvalue weighted by atomic mass is 32.1. The number of quaternary nitrogens is 1. The molecule has 0 aromatic heterocycles. The van der Waals surface area contributed by atoms with E-state index in [1.54, 1.807) is 0 Å². The van der Waals surface area contributed by atoms with Crippen LogP contribution in [0.1, 0.15) is 12.8 Å². The first kappa shape index (κ1) is 12.3. The van der Waals surface area contributed by atoms with Gasteiger partial charge in [-0.05, 0) is 18.6 Å². The summed E-state index contributed by atoms with van der Waals surface area (Å²) in [5, 5.41) is 0. The van der Waals surface area contributed by atoms with Crippen molar-refractivity contribution >= 4 is 12.6 Å². The molecule has 2 nitrogen and oxygen atoms in total. The van der Waals surface area contributed by atoms with Crippen LogP contribution in [0.15, 0.2) is 0 Å². The molecular weight excluding hydrogens is 170 g/mol. The van der Waals surface area contributed by atoms with Crippen molar-refractivity contribution in [2.45, 2.75) is 12.8 Å². The Hall–Kier alpha value is 0.270. The van der Waals surface area contributed by atoms with Crippen LogP contribution in [-0.2, 0) is 4.74 Å². The van der Waals surface area contributed by atoms with Gasteiger partial charge in [0.2, 0.25) is 0 Å². The summed E-state index contributed by atoms with van der Waals surface area (Å²) < 4.78 is 6.44. The number of hydrogen-bond donors (Lipinski definition) is 1. The summed E-state index contributed by atoms with van der Waals surface area (Å²) in [6.45, 7) is 2.84. The topological polar surface area (TPSA) is 9.23 Å². The van der Waals surface area contributed by atoms with Crippen LogP contribution in [0, 0.1) is 0 Å². The van der Waals surface area contributed by atoms with Crippen LogP contribution < -0.4 is 0 Å². The molecule has 0 atom stereocenters. The molecular formula is C9H22NOS+. The Kier molecular flexibility index (Phi) is 6.90. The third kappa shape index (κ3) is 10.3. The highest BCUT2D eigenvalue weighted by Gasteiger charge is 2.04. The molecule has 0 aliphatic carbocycles. The monoisotopic (exact) mass is 192 g/mol. The molecule has 0 rings (SSSR count). The predicted octanol–water partition coefficient (Wildman–Crippen LogP) is 1.42. The summed E-state index contributed by atoms with van der Waals surface area (Å²) >= 11 is 4.13. The molecule has 12 heavy (non-hydrogen) atoms. The van der Waals surface area contributed by atoms with E-state index in [0.717, 1.165) is 42.8 Å². The number of likely N-dealkylation sites (N-methyl/N-ethyl adjacent to an activating group) is 1. The molecule has 0 amide bonds. The van der Waals surface area contributed by atoms with Crippen LogP contribution in [-0.4, -0.2) is 51.1 Å². The first-order valence-corrected chi connectivity index (χ1v) is 5.18. The predicted molar refractivity (Wildman–Crippen MR) is 56.8 cm³/mol. The summed E-state index contributed by atoms with van der Waals surface area (Å²) in [4.78, 5) is 0. The molecule has 0 saturated carbocycles. The van der Waals surface area contributed by atoms with E-state index in [-0.39, 0.29) is 0 Å². The Labute approximate surface area is 81.9 Å². The summed E-state index contributed by atoms with van der Waals surface area (Å²) in [5.74, 6) is 0.971. The minimum atomic E-state index is 0.871. The van der Waals surface area contributed by atoms with Gasteiger partial charge in [0.05, 0.1) is 27.7 Å². The summed E-state index contributed by atoms with van der Waals surface area (Å²) in [7, 11) is 6.53. The molecule has 0 aliphatic heterocycles. The van der Waals surface area contributed by atoms with Crippen molar-refractivity contribution in [2.24, 2.45) is 0 Å². The Balaban J connectivity index is 3.01. The largest absolute Gasteiger partial charge is 0.376 e. The van der Waals surface area contributed by atoms with Crippen molar-refractivity contribution in [1.29, 1.82) is 0 Å². The van der Waals surface area contributed by atoms with E-state index in [4.69, 9.17) is 4.74 Å². The fourth-order valence-electron chi connectivity index (χ4n) is 0.756. The van der Waals surface area contributed by atoms with Gasteiger partial charge in [-0.25, -0.2) is 0 Å². The molecule has 0 radical (unpaired) electrons. The third-order valence-corrected chi connectivity index (χ3v) is 1.92. The number of hydrogen-bond acceptors (Lipinski definition) is 2. The second-order valence-corrected chi connectivity index (χ2v) is 4.50. The smallest absolute Gasteiger partial charge is 0.102 e. The lowest BCUT2D eigenvalue weighted by atomic mass is 10.4. The highest BCUT2D eigenvalue weighted by Crippen LogP contribution is 1.94. The van der Waals surface area contributed by atoms with Gasteiger partial charge in [0, 0.05) is 6.61 Å². The number of nitrogens with zero attached hydrogens (tertiary/aromatic N) is 1. The second kappa shape index (κ2) is 6.75. The normalized spacial score (nSPS) is 12.0. The van der Waals surface area contributed by atoms with Gasteiger partial charge >= 0.3 is 0 Å². The lowest BCUT2D eigenvalue weighted by molar-refractivity contribution is -0.870. The van der Waals surface area contributed by atoms with E-state index in [9.17, 15) is 0 Å². The summed E-state index contributed by atoms with van der Waals surface area (Å²) in [6, 6.07) is 0. The molecule has 0 spiro atoms. The van der Waals surface area contributed by atoms with Gasteiger partial charge in [-0.15, -0.1) is 0 Å². The number of ether oxygens (including phenoxy) is 1. The first-order chi connectivity index (χ1) is 5.56. The van der Waals surface area contributed by atoms with Crippen LogP contribution in [0.5, 0.6) is 0 Å². The van der Waals surface area contributed by atoms with Crippen molar-refractivity contribution in [2.75, 3.05) is 46.7 Å². The maximum absolute atomic E-state index is 5.46. The van der Waals surface area contributed by atoms with Gasteiger partial charge in [0.25, 0.3) is 0 Å². The Bertz CT molecular complexity index is 101. The second-order valence-electron chi connectivity index (χ2n) is 4.06. The molecule has 0 saturated heterocycles. The van der Waals surface area contributed by atoms with E-state index in [1.165, 1.54) is 0 Å². The van der Waals surface area contributed by atoms with E-state index in [0.29, 0.717) is 0 Å². The highest BCUT2D eigenvalue weighted by molar-refractivity contribution is 7.80. The number of thiol groups is 1. The van der Waals surface area contributed by atoms with E-state index < -0.39 is 0 Å². The lowest BCUT2D eigenvalue weighted by Crippen LogP contribution is -2.37. The van der Waals surface area contributed by atoms with E-state index in [2.05, 4.69) is 33.8 Å². The van der Waals surface area contributed by atoms with Crippen LogP contribution >= 0.6 is 12.6 Å². The van der Waals surface area contributed by atoms with Gasteiger partial charge in [-0.2, -0.15) is 12.6 Å². The Morgan fingerprint density at radius 1 is 1.08 bits per heavy atom. The van der Waals surface area contributed by atoms with Crippen LogP contribution in [0.2, 0.25) is 0 Å². The van der Waals surface area contributed by atoms with Crippen LogP contribution in [0.3, 0.4) is 0 Å². The zero-order chi connectivity index (χ0) is 9.45. The van der Waals surface area contributed by atoms with Crippen LogP contribution in [0.4, 0.5) is 0 Å². The maximum Gasteiger partial charge on any atom is 0.102 e. The molecule has 0 bridgehead atoms.